The molecule has 14 heavy (non-hydrogen) atoms. The van der Waals surface area contributed by atoms with Gasteiger partial charge >= 0.3 is 0 Å². The number of halogens is 1. The maximum Gasteiger partial charge on any atom is 0.239 e. The van der Waals surface area contributed by atoms with Crippen LogP contribution in [-0.4, -0.2) is 8.42 Å². The van der Waals surface area contributed by atoms with Gasteiger partial charge in [-0.15, -0.1) is 0 Å². The highest BCUT2D eigenvalue weighted by Gasteiger charge is 2.09. The van der Waals surface area contributed by atoms with Crippen molar-refractivity contribution in [3.8, 4) is 0 Å². The molecule has 7 heteroatoms. The molecule has 0 N–H and O–H groups in total. The minimum Gasteiger partial charge on any atom is -0.221 e. The first kappa shape index (κ1) is 10.5. The molecule has 0 bridgehead atoms. The Hall–Kier alpha value is -1.59. The Balaban J connectivity index is 2.95. The molecule has 5 nitrogen and oxygen atoms in total. The molecule has 0 aliphatic heterocycles. The Morgan fingerprint density at radius 2 is 2.21 bits per heavy atom. The molecular formula is C7H6FN3O2S. The largest absolute Gasteiger partial charge is 0.239 e. The van der Waals surface area contributed by atoms with Gasteiger partial charge in [-0.05, 0) is 23.2 Å². The van der Waals surface area contributed by atoms with Crippen molar-refractivity contribution in [1.29, 1.82) is 0 Å². The van der Waals surface area contributed by atoms with Crippen molar-refractivity contribution in [2.75, 3.05) is 0 Å². The van der Waals surface area contributed by atoms with Crippen LogP contribution in [0, 0.1) is 5.82 Å². The van der Waals surface area contributed by atoms with Gasteiger partial charge in [0.1, 0.15) is 5.82 Å². The molecule has 0 amide bonds. The zero-order valence-electron chi connectivity index (χ0n) is 6.96. The Bertz CT molecular complexity index is 479. The molecule has 0 aliphatic carbocycles. The molecular weight excluding hydrogens is 209 g/mol. The maximum absolute atomic E-state index is 12.6. The van der Waals surface area contributed by atoms with Gasteiger partial charge in [0.15, 0.2) is 0 Å². The van der Waals surface area contributed by atoms with Crippen LogP contribution in [0.25, 0.3) is 10.4 Å². The second kappa shape index (κ2) is 4.08. The molecule has 0 saturated carbocycles. The summed E-state index contributed by atoms with van der Waals surface area (Å²) in [6.07, 6.45) is 0. The van der Waals surface area contributed by atoms with E-state index in [0.29, 0.717) is 0 Å². The SMILES string of the molecule is [N-]=[N+]=NS(=O)(=O)Cc1cccc(F)c1. The van der Waals surface area contributed by atoms with Gasteiger partial charge in [-0.3, -0.25) is 0 Å². The highest BCUT2D eigenvalue weighted by molar-refractivity contribution is 7.89. The number of hydrogen-bond acceptors (Lipinski definition) is 2. The van der Waals surface area contributed by atoms with Gasteiger partial charge in [0, 0.05) is 9.43 Å². The zero-order valence-corrected chi connectivity index (χ0v) is 7.78. The first-order valence-corrected chi connectivity index (χ1v) is 5.18. The predicted octanol–water partition coefficient (Wildman–Crippen LogP) is 1.97. The quantitative estimate of drug-likeness (QED) is 0.438. The molecule has 0 saturated heterocycles. The molecule has 0 unspecified atom stereocenters. The number of hydrogen-bond donors (Lipinski definition) is 0. The topological polar surface area (TPSA) is 82.9 Å². The molecule has 0 heterocycles. The number of azide groups is 1. The lowest BCUT2D eigenvalue weighted by molar-refractivity contribution is 0.596. The fourth-order valence-electron chi connectivity index (χ4n) is 0.922. The third-order valence-electron chi connectivity index (χ3n) is 1.40. The van der Waals surface area contributed by atoms with Crippen molar-refractivity contribution in [2.45, 2.75) is 5.75 Å². The molecule has 0 atom stereocenters. The van der Waals surface area contributed by atoms with Gasteiger partial charge in [0.25, 0.3) is 0 Å². The van der Waals surface area contributed by atoms with Gasteiger partial charge < -0.3 is 0 Å². The van der Waals surface area contributed by atoms with E-state index in [4.69, 9.17) is 5.53 Å². The fourth-order valence-corrected chi connectivity index (χ4v) is 1.69. The van der Waals surface area contributed by atoms with E-state index in [0.717, 1.165) is 6.07 Å². The summed E-state index contributed by atoms with van der Waals surface area (Å²) in [5.41, 5.74) is 8.19. The van der Waals surface area contributed by atoms with Crippen LogP contribution in [0.2, 0.25) is 0 Å². The molecule has 1 aromatic carbocycles. The van der Waals surface area contributed by atoms with E-state index < -0.39 is 21.6 Å². The monoisotopic (exact) mass is 215 g/mol. The average Bonchev–Trinajstić information content (AvgIpc) is 2.02. The first-order chi connectivity index (χ1) is 6.53. The van der Waals surface area contributed by atoms with E-state index in [1.807, 2.05) is 0 Å². The number of nitrogens with zero attached hydrogens (tertiary/aromatic N) is 3. The normalized spacial score (nSPS) is 10.6. The summed E-state index contributed by atoms with van der Waals surface area (Å²) in [7, 11) is -3.86. The van der Waals surface area contributed by atoms with Crippen molar-refractivity contribution < 1.29 is 12.8 Å². The van der Waals surface area contributed by atoms with Crippen LogP contribution in [0.5, 0.6) is 0 Å². The molecule has 74 valence electrons. The third-order valence-corrected chi connectivity index (χ3v) is 2.42. The Kier molecular flexibility index (Phi) is 3.06. The van der Waals surface area contributed by atoms with Gasteiger partial charge in [0.2, 0.25) is 10.0 Å². The van der Waals surface area contributed by atoms with Crippen molar-refractivity contribution >= 4 is 10.0 Å². The minimum atomic E-state index is -3.86. The molecule has 0 aromatic heterocycles. The van der Waals surface area contributed by atoms with Crippen LogP contribution in [-0.2, 0) is 15.8 Å². The summed E-state index contributed by atoms with van der Waals surface area (Å²) in [4.78, 5) is 2.17. The molecule has 1 aromatic rings. The van der Waals surface area contributed by atoms with Crippen molar-refractivity contribution in [2.24, 2.45) is 4.52 Å². The smallest absolute Gasteiger partial charge is 0.221 e. The second-order valence-corrected chi connectivity index (χ2v) is 4.14. The molecule has 0 aliphatic rings. The lowest BCUT2D eigenvalue weighted by Gasteiger charge is -1.97. The summed E-state index contributed by atoms with van der Waals surface area (Å²) in [5, 5.41) is 0. The van der Waals surface area contributed by atoms with Crippen LogP contribution in [0.4, 0.5) is 4.39 Å². The lowest BCUT2D eigenvalue weighted by atomic mass is 10.2. The van der Waals surface area contributed by atoms with Gasteiger partial charge in [-0.2, -0.15) is 0 Å². The number of rotatable bonds is 3. The van der Waals surface area contributed by atoms with Crippen molar-refractivity contribution in [3.63, 3.8) is 0 Å². The summed E-state index contributed by atoms with van der Waals surface area (Å²) in [6, 6.07) is 5.10. The van der Waals surface area contributed by atoms with E-state index in [2.05, 4.69) is 9.43 Å². The zero-order chi connectivity index (χ0) is 10.6. The lowest BCUT2D eigenvalue weighted by Crippen LogP contribution is -1.99. The molecule has 0 spiro atoms. The number of benzene rings is 1. The van der Waals surface area contributed by atoms with E-state index in [-0.39, 0.29) is 5.56 Å². The van der Waals surface area contributed by atoms with Crippen molar-refractivity contribution in [1.82, 2.24) is 0 Å². The summed E-state index contributed by atoms with van der Waals surface area (Å²) in [5.74, 6) is -1.02. The summed E-state index contributed by atoms with van der Waals surface area (Å²) in [6.45, 7) is 0. The number of sulfonamides is 1. The first-order valence-electron chi connectivity index (χ1n) is 3.57. The van der Waals surface area contributed by atoms with E-state index in [1.165, 1.54) is 18.2 Å². The minimum absolute atomic E-state index is 0.248. The predicted molar refractivity (Wildman–Crippen MR) is 48.2 cm³/mol. The Morgan fingerprint density at radius 3 is 2.79 bits per heavy atom. The van der Waals surface area contributed by atoms with Crippen molar-refractivity contribution in [3.05, 3.63) is 46.1 Å². The van der Waals surface area contributed by atoms with Crippen LogP contribution in [0.1, 0.15) is 5.56 Å². The van der Waals surface area contributed by atoms with Gasteiger partial charge in [-0.1, -0.05) is 12.1 Å². The van der Waals surface area contributed by atoms with Gasteiger partial charge in [0.05, 0.1) is 5.75 Å². The highest BCUT2D eigenvalue weighted by Crippen LogP contribution is 2.09. The third kappa shape index (κ3) is 3.04. The fraction of sp³-hybridized carbons (Fsp3) is 0.143. The highest BCUT2D eigenvalue weighted by atomic mass is 32.2. The van der Waals surface area contributed by atoms with Crippen LogP contribution < -0.4 is 0 Å². The average molecular weight is 215 g/mol. The van der Waals surface area contributed by atoms with Crippen LogP contribution >= 0.6 is 0 Å². The molecule has 1 rings (SSSR count). The summed E-state index contributed by atoms with van der Waals surface area (Å²) >= 11 is 0. The molecule has 0 radical (unpaired) electrons. The standard InChI is InChI=1S/C7H6FN3O2S/c8-7-3-1-2-6(4-7)5-14(12,13)11-10-9/h1-4H,5H2. The van der Waals surface area contributed by atoms with Gasteiger partial charge in [-0.25, -0.2) is 12.8 Å². The second-order valence-electron chi connectivity index (χ2n) is 2.53. The molecule has 0 fully saturated rings. The van der Waals surface area contributed by atoms with E-state index in [1.54, 1.807) is 0 Å². The van der Waals surface area contributed by atoms with Crippen LogP contribution in [0.15, 0.2) is 28.8 Å². The maximum atomic E-state index is 12.6. The summed E-state index contributed by atoms with van der Waals surface area (Å²) < 4.78 is 37.2. The van der Waals surface area contributed by atoms with E-state index >= 15 is 0 Å². The van der Waals surface area contributed by atoms with Crippen LogP contribution in [0.3, 0.4) is 0 Å². The van der Waals surface area contributed by atoms with E-state index in [9.17, 15) is 12.8 Å². The Labute approximate surface area is 79.9 Å². The Morgan fingerprint density at radius 1 is 1.50 bits per heavy atom.